The Morgan fingerprint density at radius 3 is 2.62 bits per heavy atom. The zero-order valence-corrected chi connectivity index (χ0v) is 14.7. The van der Waals surface area contributed by atoms with Crippen molar-refractivity contribution < 1.29 is 4.39 Å². The van der Waals surface area contributed by atoms with Crippen LogP contribution in [-0.4, -0.2) is 30.0 Å². The van der Waals surface area contributed by atoms with Crippen molar-refractivity contribution in [2.75, 3.05) is 30.8 Å². The second-order valence-electron chi connectivity index (χ2n) is 6.63. The second-order valence-corrected chi connectivity index (χ2v) is 6.63. The van der Waals surface area contributed by atoms with Gasteiger partial charge >= 0.3 is 0 Å². The van der Waals surface area contributed by atoms with E-state index in [1.807, 2.05) is 30.3 Å². The lowest BCUT2D eigenvalue weighted by Crippen LogP contribution is -2.26. The highest BCUT2D eigenvalue weighted by atomic mass is 19.1. The maximum Gasteiger partial charge on any atom is 0.146 e. The van der Waals surface area contributed by atoms with Gasteiger partial charge in [-0.25, -0.2) is 9.37 Å². The summed E-state index contributed by atoms with van der Waals surface area (Å²) in [7, 11) is 2.08. The van der Waals surface area contributed by atoms with Crippen molar-refractivity contribution >= 4 is 17.2 Å². The molecule has 0 atom stereocenters. The van der Waals surface area contributed by atoms with Crippen LogP contribution in [0.4, 0.5) is 21.6 Å². The summed E-state index contributed by atoms with van der Waals surface area (Å²) in [6.45, 7) is 2.39. The first-order chi connectivity index (χ1) is 12.6. The van der Waals surface area contributed by atoms with E-state index in [1.54, 1.807) is 12.1 Å². The number of benzene rings is 2. The summed E-state index contributed by atoms with van der Waals surface area (Å²) in [4.78, 5) is 8.72. The van der Waals surface area contributed by atoms with Gasteiger partial charge in [-0.3, -0.25) is 0 Å². The van der Waals surface area contributed by atoms with Crippen LogP contribution in [0.5, 0.6) is 0 Å². The number of hydrogen-bond donors (Lipinski definition) is 1. The van der Waals surface area contributed by atoms with Crippen LogP contribution in [0, 0.1) is 5.82 Å². The molecule has 0 spiro atoms. The number of halogens is 1. The quantitative estimate of drug-likeness (QED) is 0.759. The Bertz CT molecular complexity index is 941. The molecule has 2 aromatic carbocycles. The molecule has 0 aliphatic carbocycles. The zero-order chi connectivity index (χ0) is 18.1. The largest absolute Gasteiger partial charge is 0.384 e. The minimum atomic E-state index is -0.204. The Kier molecular flexibility index (Phi) is 4.31. The van der Waals surface area contributed by atoms with Gasteiger partial charge in [-0.05, 0) is 49.0 Å². The molecular weight excluding hydrogens is 327 g/mol. The fourth-order valence-corrected chi connectivity index (χ4v) is 3.43. The Balaban J connectivity index is 1.81. The number of rotatable bonds is 2. The van der Waals surface area contributed by atoms with Crippen LogP contribution in [0.25, 0.3) is 11.3 Å². The van der Waals surface area contributed by atoms with Gasteiger partial charge in [0.2, 0.25) is 0 Å². The number of para-hydroxylation sites is 1. The summed E-state index contributed by atoms with van der Waals surface area (Å²) in [5.41, 5.74) is 10.5. The first kappa shape index (κ1) is 16.5. The molecule has 2 N–H and O–H groups in total. The van der Waals surface area contributed by atoms with Crippen LogP contribution in [0.3, 0.4) is 0 Å². The third-order valence-corrected chi connectivity index (χ3v) is 4.73. The fourth-order valence-electron chi connectivity index (χ4n) is 3.43. The summed E-state index contributed by atoms with van der Waals surface area (Å²) < 4.78 is 14.4. The smallest absolute Gasteiger partial charge is 0.146 e. The summed E-state index contributed by atoms with van der Waals surface area (Å²) in [6.07, 6.45) is 0. The Hall–Kier alpha value is -2.92. The van der Waals surface area contributed by atoms with Crippen molar-refractivity contribution in [2.45, 2.75) is 6.54 Å². The van der Waals surface area contributed by atoms with Gasteiger partial charge in [-0.15, -0.1) is 0 Å². The molecule has 0 saturated heterocycles. The van der Waals surface area contributed by atoms with E-state index >= 15 is 0 Å². The van der Waals surface area contributed by atoms with Crippen molar-refractivity contribution in [3.05, 3.63) is 72.0 Å². The third-order valence-electron chi connectivity index (χ3n) is 4.73. The topological polar surface area (TPSA) is 45.4 Å². The number of anilines is 3. The Morgan fingerprint density at radius 1 is 0.962 bits per heavy atom. The molecule has 0 amide bonds. The van der Waals surface area contributed by atoms with Crippen molar-refractivity contribution in [1.82, 2.24) is 9.88 Å². The Morgan fingerprint density at radius 2 is 1.81 bits per heavy atom. The van der Waals surface area contributed by atoms with E-state index in [0.717, 1.165) is 42.1 Å². The molecule has 0 fully saturated rings. The van der Waals surface area contributed by atoms with E-state index in [4.69, 9.17) is 5.73 Å². The first-order valence-electron chi connectivity index (χ1n) is 8.68. The predicted octanol–water partition coefficient (Wildman–Crippen LogP) is 4.05. The summed E-state index contributed by atoms with van der Waals surface area (Å²) >= 11 is 0. The van der Waals surface area contributed by atoms with Crippen molar-refractivity contribution in [3.63, 3.8) is 0 Å². The van der Waals surface area contributed by atoms with Crippen LogP contribution in [0.15, 0.2) is 60.7 Å². The standard InChI is InChI=1S/C21H21FN4/c1-25-11-12-26(20-7-3-2-5-17(20)22)19-10-9-15(13-16(19)14-25)18-6-4-8-21(23)24-18/h2-10,13H,11-12,14H2,1H3,(H2,23,24). The Labute approximate surface area is 152 Å². The SMILES string of the molecule is CN1CCN(c2ccccc2F)c2ccc(-c3cccc(N)n3)cc2C1. The number of hydrogen-bond acceptors (Lipinski definition) is 4. The van der Waals surface area contributed by atoms with Crippen LogP contribution >= 0.6 is 0 Å². The number of aromatic nitrogens is 1. The molecule has 4 rings (SSSR count). The lowest BCUT2D eigenvalue weighted by Gasteiger charge is -2.25. The lowest BCUT2D eigenvalue weighted by atomic mass is 10.0. The molecule has 26 heavy (non-hydrogen) atoms. The van der Waals surface area contributed by atoms with E-state index in [-0.39, 0.29) is 5.82 Å². The van der Waals surface area contributed by atoms with E-state index < -0.39 is 0 Å². The van der Waals surface area contributed by atoms with Crippen LogP contribution in [0.1, 0.15) is 5.56 Å². The fraction of sp³-hybridized carbons (Fsp3) is 0.190. The summed E-state index contributed by atoms with van der Waals surface area (Å²) in [5, 5.41) is 0. The van der Waals surface area contributed by atoms with Crippen LogP contribution in [-0.2, 0) is 6.54 Å². The zero-order valence-electron chi connectivity index (χ0n) is 14.7. The molecule has 2 heterocycles. The number of nitrogens with two attached hydrogens (primary N) is 1. The van der Waals surface area contributed by atoms with Gasteiger partial charge in [-0.1, -0.05) is 24.3 Å². The highest BCUT2D eigenvalue weighted by Gasteiger charge is 2.21. The lowest BCUT2D eigenvalue weighted by molar-refractivity contribution is 0.343. The number of nitrogens with zero attached hydrogens (tertiary/aromatic N) is 3. The predicted molar refractivity (Wildman–Crippen MR) is 104 cm³/mol. The van der Waals surface area contributed by atoms with Gasteiger partial charge in [0.05, 0.1) is 11.4 Å². The molecular formula is C21H21FN4. The number of likely N-dealkylation sites (N-methyl/N-ethyl adjacent to an activating group) is 1. The third kappa shape index (κ3) is 3.13. The minimum absolute atomic E-state index is 0.204. The van der Waals surface area contributed by atoms with Gasteiger partial charge in [0.15, 0.2) is 0 Å². The monoisotopic (exact) mass is 348 g/mol. The van der Waals surface area contributed by atoms with Gasteiger partial charge in [-0.2, -0.15) is 0 Å². The molecule has 3 aromatic rings. The number of nitrogen functional groups attached to an aromatic ring is 1. The minimum Gasteiger partial charge on any atom is -0.384 e. The summed E-state index contributed by atoms with van der Waals surface area (Å²) in [5.74, 6) is 0.298. The highest BCUT2D eigenvalue weighted by molar-refractivity contribution is 5.72. The molecule has 1 aromatic heterocycles. The van der Waals surface area contributed by atoms with E-state index in [0.29, 0.717) is 11.5 Å². The van der Waals surface area contributed by atoms with Gasteiger partial charge in [0, 0.05) is 30.9 Å². The van der Waals surface area contributed by atoms with E-state index in [2.05, 4.69) is 34.0 Å². The molecule has 1 aliphatic rings. The van der Waals surface area contributed by atoms with Crippen molar-refractivity contribution in [3.8, 4) is 11.3 Å². The first-order valence-corrected chi connectivity index (χ1v) is 8.68. The normalized spacial score (nSPS) is 14.8. The molecule has 0 radical (unpaired) electrons. The van der Waals surface area contributed by atoms with E-state index in [1.165, 1.54) is 6.07 Å². The van der Waals surface area contributed by atoms with Gasteiger partial charge in [0.1, 0.15) is 11.6 Å². The van der Waals surface area contributed by atoms with Crippen molar-refractivity contribution in [1.29, 1.82) is 0 Å². The molecule has 0 bridgehead atoms. The van der Waals surface area contributed by atoms with Crippen molar-refractivity contribution in [2.24, 2.45) is 0 Å². The highest BCUT2D eigenvalue weighted by Crippen LogP contribution is 2.35. The molecule has 5 heteroatoms. The van der Waals surface area contributed by atoms with Gasteiger partial charge < -0.3 is 15.5 Å². The molecule has 4 nitrogen and oxygen atoms in total. The maximum absolute atomic E-state index is 14.4. The summed E-state index contributed by atoms with van der Waals surface area (Å²) in [6, 6.07) is 18.8. The molecule has 132 valence electrons. The van der Waals surface area contributed by atoms with E-state index in [9.17, 15) is 4.39 Å². The average Bonchev–Trinajstić information content (AvgIpc) is 2.80. The van der Waals surface area contributed by atoms with Gasteiger partial charge in [0.25, 0.3) is 0 Å². The molecule has 1 aliphatic heterocycles. The number of fused-ring (bicyclic) bond motifs is 1. The van der Waals surface area contributed by atoms with Crippen LogP contribution < -0.4 is 10.6 Å². The number of pyridine rings is 1. The second kappa shape index (κ2) is 6.77. The average molecular weight is 348 g/mol. The molecule has 0 unspecified atom stereocenters. The molecule has 0 saturated carbocycles. The maximum atomic E-state index is 14.4. The van der Waals surface area contributed by atoms with Crippen LogP contribution in [0.2, 0.25) is 0 Å².